The van der Waals surface area contributed by atoms with Crippen molar-refractivity contribution in [3.63, 3.8) is 0 Å². The Morgan fingerprint density at radius 3 is 1.33 bits per heavy atom. The first-order chi connectivity index (χ1) is 25.0. The molecule has 2 aromatic carbocycles. The van der Waals surface area contributed by atoms with Crippen LogP contribution in [0.4, 0.5) is 0 Å². The van der Waals surface area contributed by atoms with Crippen LogP contribution in [0.3, 0.4) is 0 Å². The van der Waals surface area contributed by atoms with Gasteiger partial charge in [-0.05, 0) is 89.0 Å². The molecule has 10 nitrogen and oxygen atoms in total. The highest BCUT2D eigenvalue weighted by Gasteiger charge is 2.18. The number of pyridine rings is 4. The average Bonchev–Trinajstić information content (AvgIpc) is 3.15. The number of carbonyl (C=O) groups excluding carboxylic acids is 1. The van der Waals surface area contributed by atoms with E-state index in [1.807, 2.05) is 84.9 Å². The van der Waals surface area contributed by atoms with Gasteiger partial charge in [0.2, 0.25) is 0 Å². The fraction of sp³-hybridized carbons (Fsp3) is 0.171. The molecule has 0 aliphatic rings. The number of nitrogens with zero attached hydrogens (tertiary/aromatic N) is 6. The van der Waals surface area contributed by atoms with E-state index >= 15 is 0 Å². The Bertz CT molecular complexity index is 1820. The zero-order valence-corrected chi connectivity index (χ0v) is 28.2. The molecule has 4 aromatic heterocycles. The molecule has 256 valence electrons. The largest absolute Gasteiger partial charge is 0.480 e. The summed E-state index contributed by atoms with van der Waals surface area (Å²) in [6, 6.07) is 37.4. The normalized spacial score (nSPS) is 11.1. The second-order valence-electron chi connectivity index (χ2n) is 12.2. The number of hydrogen-bond acceptors (Lipinski definition) is 8. The molecule has 1 amide bonds. The third kappa shape index (κ3) is 10.4. The monoisotopic (exact) mass is 677 g/mol. The van der Waals surface area contributed by atoms with Crippen LogP contribution in [0.5, 0.6) is 0 Å². The summed E-state index contributed by atoms with van der Waals surface area (Å²) >= 11 is 0. The number of rotatable bonds is 16. The van der Waals surface area contributed by atoms with E-state index in [0.29, 0.717) is 50.4 Å². The average molecular weight is 678 g/mol. The first-order valence-corrected chi connectivity index (χ1v) is 16.7. The molecule has 6 rings (SSSR count). The molecule has 0 aliphatic carbocycles. The van der Waals surface area contributed by atoms with Crippen molar-refractivity contribution in [3.8, 4) is 11.1 Å². The molecule has 0 bridgehead atoms. The number of carbonyl (C=O) groups is 2. The number of benzene rings is 2. The van der Waals surface area contributed by atoms with E-state index in [2.05, 4.69) is 53.3 Å². The van der Waals surface area contributed by atoms with Gasteiger partial charge in [0.05, 0.1) is 22.8 Å². The molecule has 4 heterocycles. The maximum Gasteiger partial charge on any atom is 0.322 e. The van der Waals surface area contributed by atoms with Gasteiger partial charge in [-0.3, -0.25) is 39.3 Å². The quantitative estimate of drug-likeness (QED) is 0.124. The van der Waals surface area contributed by atoms with Crippen molar-refractivity contribution in [1.29, 1.82) is 0 Å². The number of nitrogens with one attached hydrogen (secondary N) is 1. The number of aromatic nitrogens is 4. The minimum Gasteiger partial charge on any atom is -0.480 e. The van der Waals surface area contributed by atoms with Crippen LogP contribution in [-0.4, -0.2) is 53.3 Å². The fourth-order valence-electron chi connectivity index (χ4n) is 6.02. The summed E-state index contributed by atoms with van der Waals surface area (Å²) < 4.78 is 0. The summed E-state index contributed by atoms with van der Waals surface area (Å²) in [7, 11) is 0. The molecule has 0 saturated heterocycles. The minimum absolute atomic E-state index is 0.402. The van der Waals surface area contributed by atoms with Crippen molar-refractivity contribution in [2.45, 2.75) is 39.3 Å². The van der Waals surface area contributed by atoms with Gasteiger partial charge in [-0.2, -0.15) is 0 Å². The molecule has 6 aromatic rings. The summed E-state index contributed by atoms with van der Waals surface area (Å²) in [6.07, 6.45) is 7.21. The van der Waals surface area contributed by atoms with Gasteiger partial charge in [0, 0.05) is 69.6 Å². The molecule has 0 fully saturated rings. The van der Waals surface area contributed by atoms with Crippen LogP contribution in [0.25, 0.3) is 11.1 Å². The Morgan fingerprint density at radius 2 is 0.941 bits per heavy atom. The van der Waals surface area contributed by atoms with Crippen molar-refractivity contribution in [2.75, 3.05) is 6.54 Å². The van der Waals surface area contributed by atoms with Crippen LogP contribution in [0, 0.1) is 0 Å². The molecule has 0 spiro atoms. The van der Waals surface area contributed by atoms with Crippen molar-refractivity contribution < 1.29 is 14.7 Å². The second-order valence-corrected chi connectivity index (χ2v) is 12.2. The molecule has 0 radical (unpaired) electrons. The van der Waals surface area contributed by atoms with Gasteiger partial charge in [-0.15, -0.1) is 0 Å². The SMILES string of the molecule is O=C(O)CNC(=O)c1ccccc1-c1cc(CN(Cc2ccccn2)Cc2ccccn2)cc(CN(Cc2ccccn2)Cc2ccccn2)c1. The van der Waals surface area contributed by atoms with Gasteiger partial charge in [0.25, 0.3) is 5.91 Å². The number of carboxylic acid groups (broad SMARTS) is 1. The number of amides is 1. The molecule has 0 atom stereocenters. The summed E-state index contributed by atoms with van der Waals surface area (Å²) in [5.74, 6) is -1.55. The topological polar surface area (TPSA) is 124 Å². The Morgan fingerprint density at radius 1 is 0.529 bits per heavy atom. The lowest BCUT2D eigenvalue weighted by Gasteiger charge is -2.25. The van der Waals surface area contributed by atoms with Crippen molar-refractivity contribution in [2.24, 2.45) is 0 Å². The standard InChI is InChI=1S/C41H39N7O3/c49-40(50)24-46-41(51)39-16-2-1-15-38(39)33-22-31(25-47(27-34-11-3-7-17-42-34)28-35-12-4-8-18-43-35)21-32(23-33)26-48(29-36-13-5-9-19-44-36)30-37-14-6-10-20-45-37/h1-23H,24-30H2,(H,46,51)(H,49,50). The molecule has 2 N–H and O–H groups in total. The summed E-state index contributed by atoms with van der Waals surface area (Å²) in [6.45, 7) is 3.13. The van der Waals surface area contributed by atoms with Crippen LogP contribution in [0.1, 0.15) is 44.3 Å². The van der Waals surface area contributed by atoms with E-state index in [1.54, 1.807) is 36.9 Å². The Labute approximate surface area is 297 Å². The first-order valence-electron chi connectivity index (χ1n) is 16.7. The van der Waals surface area contributed by atoms with Crippen molar-refractivity contribution in [3.05, 3.63) is 180 Å². The zero-order valence-electron chi connectivity index (χ0n) is 28.2. The van der Waals surface area contributed by atoms with Crippen molar-refractivity contribution in [1.82, 2.24) is 35.1 Å². The Kier molecular flexibility index (Phi) is 11.9. The molecule has 0 unspecified atom stereocenters. The molecule has 10 heteroatoms. The number of hydrogen-bond donors (Lipinski definition) is 2. The van der Waals surface area contributed by atoms with E-state index in [0.717, 1.165) is 39.5 Å². The highest BCUT2D eigenvalue weighted by Crippen LogP contribution is 2.28. The lowest BCUT2D eigenvalue weighted by molar-refractivity contribution is -0.135. The zero-order chi connectivity index (χ0) is 35.3. The highest BCUT2D eigenvalue weighted by molar-refractivity contribution is 6.01. The number of carboxylic acids is 1. The van der Waals surface area contributed by atoms with E-state index in [9.17, 15) is 14.7 Å². The van der Waals surface area contributed by atoms with Gasteiger partial charge in [-0.25, -0.2) is 0 Å². The minimum atomic E-state index is -1.10. The van der Waals surface area contributed by atoms with Gasteiger partial charge in [0.1, 0.15) is 6.54 Å². The van der Waals surface area contributed by atoms with Crippen LogP contribution in [-0.2, 0) is 44.1 Å². The molecule has 51 heavy (non-hydrogen) atoms. The number of aliphatic carboxylic acids is 1. The van der Waals surface area contributed by atoms with E-state index in [4.69, 9.17) is 0 Å². The molecule has 0 saturated carbocycles. The maximum absolute atomic E-state index is 13.3. The van der Waals surface area contributed by atoms with Crippen LogP contribution >= 0.6 is 0 Å². The first kappa shape index (κ1) is 34.8. The fourth-order valence-corrected chi connectivity index (χ4v) is 6.02. The maximum atomic E-state index is 13.3. The van der Waals surface area contributed by atoms with Gasteiger partial charge >= 0.3 is 5.97 Å². The lowest BCUT2D eigenvalue weighted by Crippen LogP contribution is -2.29. The highest BCUT2D eigenvalue weighted by atomic mass is 16.4. The smallest absolute Gasteiger partial charge is 0.322 e. The van der Waals surface area contributed by atoms with Gasteiger partial charge in [-0.1, -0.05) is 48.5 Å². The van der Waals surface area contributed by atoms with E-state index in [-0.39, 0.29) is 0 Å². The second kappa shape index (κ2) is 17.5. The third-order valence-electron chi connectivity index (χ3n) is 8.19. The predicted octanol–water partition coefficient (Wildman–Crippen LogP) is 6.15. The van der Waals surface area contributed by atoms with Gasteiger partial charge in [0.15, 0.2) is 0 Å². The van der Waals surface area contributed by atoms with E-state index in [1.165, 1.54) is 0 Å². The Hall–Kier alpha value is -6.10. The molecular weight excluding hydrogens is 638 g/mol. The molecular formula is C41H39N7O3. The van der Waals surface area contributed by atoms with Crippen LogP contribution in [0.15, 0.2) is 140 Å². The van der Waals surface area contributed by atoms with Crippen LogP contribution in [0.2, 0.25) is 0 Å². The third-order valence-corrected chi connectivity index (χ3v) is 8.19. The lowest BCUT2D eigenvalue weighted by atomic mass is 9.95. The predicted molar refractivity (Wildman–Crippen MR) is 195 cm³/mol. The van der Waals surface area contributed by atoms with Crippen LogP contribution < -0.4 is 5.32 Å². The van der Waals surface area contributed by atoms with E-state index < -0.39 is 18.4 Å². The summed E-state index contributed by atoms with van der Waals surface area (Å²) in [4.78, 5) is 47.5. The van der Waals surface area contributed by atoms with Gasteiger partial charge < -0.3 is 10.4 Å². The summed E-state index contributed by atoms with van der Waals surface area (Å²) in [5.41, 5.74) is 7.85. The molecule has 0 aliphatic heterocycles. The summed E-state index contributed by atoms with van der Waals surface area (Å²) in [5, 5.41) is 11.7. The van der Waals surface area contributed by atoms with Crippen molar-refractivity contribution >= 4 is 11.9 Å². The Balaban J connectivity index is 1.39.